The van der Waals surface area contributed by atoms with Crippen LogP contribution < -0.4 is 16.8 Å². The molecule has 0 radical (unpaired) electrons. The molecule has 2 aromatic rings. The molecule has 0 aliphatic carbocycles. The second-order valence-electron chi connectivity index (χ2n) is 4.29. The van der Waals surface area contributed by atoms with Gasteiger partial charge >= 0.3 is 11.9 Å². The number of nitrogens with zero attached hydrogens (tertiary/aromatic N) is 2. The first-order valence-electron chi connectivity index (χ1n) is 5.88. The van der Waals surface area contributed by atoms with Gasteiger partial charge in [-0.25, -0.2) is 9.78 Å². The fourth-order valence-corrected chi connectivity index (χ4v) is 1.72. The standard InChI is InChI=1S/C11H10F3N5O3/c1-4(8-18-10(21)22-19-8)17-9(20)6-5(11(12,13)14)2-3-16-7(6)15/h2-4H,1H3,(H2,15,16)(H,17,20)(H,18,19,21). The van der Waals surface area contributed by atoms with Crippen molar-refractivity contribution in [3.63, 3.8) is 0 Å². The molecule has 2 aromatic heterocycles. The first-order chi connectivity index (χ1) is 10.2. The monoisotopic (exact) mass is 317 g/mol. The van der Waals surface area contributed by atoms with Crippen LogP contribution in [-0.2, 0) is 6.18 Å². The summed E-state index contributed by atoms with van der Waals surface area (Å²) in [4.78, 5) is 28.5. The van der Waals surface area contributed by atoms with Crippen molar-refractivity contribution in [3.05, 3.63) is 39.8 Å². The highest BCUT2D eigenvalue weighted by atomic mass is 19.4. The molecule has 0 aliphatic heterocycles. The molecule has 11 heteroatoms. The minimum atomic E-state index is -4.77. The number of halogens is 3. The largest absolute Gasteiger partial charge is 0.438 e. The van der Waals surface area contributed by atoms with Crippen LogP contribution in [0.3, 0.4) is 0 Å². The molecule has 2 heterocycles. The summed E-state index contributed by atoms with van der Waals surface area (Å²) in [5.41, 5.74) is 3.37. The number of nitrogens with two attached hydrogens (primary N) is 1. The number of aromatic nitrogens is 3. The number of amides is 1. The highest BCUT2D eigenvalue weighted by molar-refractivity contribution is 6.00. The maximum Gasteiger partial charge on any atom is 0.438 e. The molecule has 1 atom stereocenters. The van der Waals surface area contributed by atoms with Crippen molar-refractivity contribution in [3.8, 4) is 0 Å². The van der Waals surface area contributed by atoms with Crippen LogP contribution in [0.25, 0.3) is 0 Å². The second-order valence-corrected chi connectivity index (χ2v) is 4.29. The van der Waals surface area contributed by atoms with E-state index in [2.05, 4.69) is 25.0 Å². The zero-order valence-electron chi connectivity index (χ0n) is 11.1. The van der Waals surface area contributed by atoms with E-state index in [0.717, 1.165) is 6.20 Å². The topological polar surface area (TPSA) is 127 Å². The summed E-state index contributed by atoms with van der Waals surface area (Å²) in [5.74, 6) is -2.57. The predicted octanol–water partition coefficient (Wildman–Crippen LogP) is 0.850. The lowest BCUT2D eigenvalue weighted by molar-refractivity contribution is -0.137. The van der Waals surface area contributed by atoms with Crippen LogP contribution >= 0.6 is 0 Å². The Bertz CT molecular complexity index is 752. The fraction of sp³-hybridized carbons (Fsp3) is 0.273. The van der Waals surface area contributed by atoms with Gasteiger partial charge in [0.2, 0.25) is 0 Å². The van der Waals surface area contributed by atoms with Crippen molar-refractivity contribution in [2.45, 2.75) is 19.1 Å². The molecular formula is C11H10F3N5O3. The minimum Gasteiger partial charge on any atom is -0.383 e. The molecule has 0 aliphatic rings. The molecule has 0 fully saturated rings. The van der Waals surface area contributed by atoms with E-state index in [1.54, 1.807) is 0 Å². The number of hydrogen-bond acceptors (Lipinski definition) is 6. The van der Waals surface area contributed by atoms with E-state index in [-0.39, 0.29) is 5.82 Å². The third kappa shape index (κ3) is 3.07. The number of anilines is 1. The van der Waals surface area contributed by atoms with Crippen LogP contribution in [0.15, 0.2) is 21.6 Å². The minimum absolute atomic E-state index is 0.0469. The van der Waals surface area contributed by atoms with Gasteiger partial charge in [-0.1, -0.05) is 5.16 Å². The van der Waals surface area contributed by atoms with Crippen LogP contribution in [-0.4, -0.2) is 21.0 Å². The molecule has 0 saturated carbocycles. The zero-order valence-corrected chi connectivity index (χ0v) is 11.1. The lowest BCUT2D eigenvalue weighted by Crippen LogP contribution is -2.30. The van der Waals surface area contributed by atoms with Crippen molar-refractivity contribution in [2.24, 2.45) is 0 Å². The summed E-state index contributed by atoms with van der Waals surface area (Å²) in [7, 11) is 0. The first-order valence-corrected chi connectivity index (χ1v) is 5.88. The van der Waals surface area contributed by atoms with Gasteiger partial charge in [0, 0.05) is 6.20 Å². The van der Waals surface area contributed by atoms with Crippen LogP contribution in [0.4, 0.5) is 19.0 Å². The van der Waals surface area contributed by atoms with Crippen molar-refractivity contribution in [2.75, 3.05) is 5.73 Å². The van der Waals surface area contributed by atoms with Gasteiger partial charge in [0.1, 0.15) is 5.82 Å². The third-order valence-corrected chi connectivity index (χ3v) is 2.73. The quantitative estimate of drug-likeness (QED) is 0.770. The Morgan fingerprint density at radius 1 is 1.50 bits per heavy atom. The molecule has 2 rings (SSSR count). The second kappa shape index (κ2) is 5.50. The van der Waals surface area contributed by atoms with Crippen molar-refractivity contribution < 1.29 is 22.5 Å². The van der Waals surface area contributed by atoms with Crippen LogP contribution in [0.5, 0.6) is 0 Å². The van der Waals surface area contributed by atoms with Gasteiger partial charge in [0.05, 0.1) is 17.2 Å². The van der Waals surface area contributed by atoms with Gasteiger partial charge in [-0.3, -0.25) is 14.3 Å². The Morgan fingerprint density at radius 2 is 2.18 bits per heavy atom. The van der Waals surface area contributed by atoms with E-state index in [9.17, 15) is 22.8 Å². The Labute approximate surface area is 120 Å². The van der Waals surface area contributed by atoms with E-state index in [1.807, 2.05) is 0 Å². The molecule has 0 saturated heterocycles. The number of H-pyrrole nitrogens is 1. The highest BCUT2D eigenvalue weighted by Gasteiger charge is 2.37. The molecule has 118 valence electrons. The summed E-state index contributed by atoms with van der Waals surface area (Å²) in [5, 5.41) is 5.56. The van der Waals surface area contributed by atoms with Gasteiger partial charge in [0.25, 0.3) is 5.91 Å². The normalized spacial score (nSPS) is 12.9. The Balaban J connectivity index is 2.32. The molecule has 0 bridgehead atoms. The summed E-state index contributed by atoms with van der Waals surface area (Å²) in [6.07, 6.45) is -3.91. The summed E-state index contributed by atoms with van der Waals surface area (Å²) in [6, 6.07) is -0.256. The average molecular weight is 317 g/mol. The predicted molar refractivity (Wildman–Crippen MR) is 66.7 cm³/mol. The Hall–Kier alpha value is -2.85. The van der Waals surface area contributed by atoms with Crippen LogP contribution in [0.1, 0.15) is 34.7 Å². The maximum absolute atomic E-state index is 12.9. The maximum atomic E-state index is 12.9. The lowest BCUT2D eigenvalue weighted by Gasteiger charge is -2.16. The molecule has 0 aromatic carbocycles. The van der Waals surface area contributed by atoms with E-state index < -0.39 is 40.8 Å². The zero-order chi connectivity index (χ0) is 16.5. The Morgan fingerprint density at radius 3 is 2.73 bits per heavy atom. The number of pyridine rings is 1. The van der Waals surface area contributed by atoms with Gasteiger partial charge < -0.3 is 11.1 Å². The number of rotatable bonds is 3. The molecule has 1 unspecified atom stereocenters. The van der Waals surface area contributed by atoms with E-state index in [1.165, 1.54) is 6.92 Å². The molecule has 1 amide bonds. The number of hydrogen-bond donors (Lipinski definition) is 3. The molecule has 8 nitrogen and oxygen atoms in total. The number of nitrogens with one attached hydrogen (secondary N) is 2. The number of alkyl halides is 3. The van der Waals surface area contributed by atoms with E-state index in [4.69, 9.17) is 5.73 Å². The summed E-state index contributed by atoms with van der Waals surface area (Å²) < 4.78 is 43.0. The first kappa shape index (κ1) is 15.5. The van der Waals surface area contributed by atoms with Gasteiger partial charge in [-0.2, -0.15) is 13.2 Å². The average Bonchev–Trinajstić information content (AvgIpc) is 2.84. The van der Waals surface area contributed by atoms with Gasteiger partial charge in [-0.15, -0.1) is 0 Å². The Kier molecular flexibility index (Phi) is 3.89. The van der Waals surface area contributed by atoms with E-state index in [0.29, 0.717) is 6.07 Å². The number of aromatic amines is 1. The van der Waals surface area contributed by atoms with Gasteiger partial charge in [0.15, 0.2) is 5.82 Å². The molecule has 0 spiro atoms. The number of carbonyl (C=O) groups excluding carboxylic acids is 1. The fourth-order valence-electron chi connectivity index (χ4n) is 1.72. The van der Waals surface area contributed by atoms with E-state index >= 15 is 0 Å². The third-order valence-electron chi connectivity index (χ3n) is 2.73. The van der Waals surface area contributed by atoms with Crippen molar-refractivity contribution >= 4 is 11.7 Å². The van der Waals surface area contributed by atoms with Crippen LogP contribution in [0, 0.1) is 0 Å². The van der Waals surface area contributed by atoms with Crippen molar-refractivity contribution in [1.82, 2.24) is 20.4 Å². The van der Waals surface area contributed by atoms with Crippen LogP contribution in [0.2, 0.25) is 0 Å². The molecular weight excluding hydrogens is 307 g/mol. The smallest absolute Gasteiger partial charge is 0.383 e. The summed E-state index contributed by atoms with van der Waals surface area (Å²) in [6.45, 7) is 1.39. The number of nitrogen functional groups attached to an aromatic ring is 1. The molecule has 4 N–H and O–H groups in total. The SMILES string of the molecule is CC(NC(=O)c1c(C(F)(F)F)ccnc1N)c1noc(=O)[nH]1. The van der Waals surface area contributed by atoms with Gasteiger partial charge in [-0.05, 0) is 13.0 Å². The lowest BCUT2D eigenvalue weighted by atomic mass is 10.1. The summed E-state index contributed by atoms with van der Waals surface area (Å²) >= 11 is 0. The number of carbonyl (C=O) groups is 1. The van der Waals surface area contributed by atoms with Crippen molar-refractivity contribution in [1.29, 1.82) is 0 Å². The molecule has 22 heavy (non-hydrogen) atoms. The highest BCUT2D eigenvalue weighted by Crippen LogP contribution is 2.33.